The van der Waals surface area contributed by atoms with E-state index >= 15 is 0 Å². The van der Waals surface area contributed by atoms with Gasteiger partial charge in [-0.05, 0) is 12.8 Å². The summed E-state index contributed by atoms with van der Waals surface area (Å²) in [7, 11) is -2.56. The van der Waals surface area contributed by atoms with Gasteiger partial charge in [-0.15, -0.1) is 0 Å². The van der Waals surface area contributed by atoms with Gasteiger partial charge in [0.1, 0.15) is 11.4 Å². The molecule has 1 saturated carbocycles. The van der Waals surface area contributed by atoms with E-state index in [-0.39, 0.29) is 17.7 Å². The molecule has 0 spiro atoms. The Bertz CT molecular complexity index is 391. The number of anilines is 1. The molecular weight excluding hydrogens is 168 g/mol. The van der Waals surface area contributed by atoms with Crippen molar-refractivity contribution in [2.75, 3.05) is 12.8 Å². The van der Waals surface area contributed by atoms with Gasteiger partial charge in [0.05, 0.1) is 17.3 Å². The van der Waals surface area contributed by atoms with Crippen LogP contribution in [0.15, 0.2) is 12.3 Å². The molecule has 4 nitrogen and oxygen atoms in total. The number of hydrogen-bond donors (Lipinski definition) is 1. The van der Waals surface area contributed by atoms with E-state index in [2.05, 4.69) is 9.72 Å². The number of hydrogen-bond acceptors (Lipinski definition) is 4. The van der Waals surface area contributed by atoms with Crippen molar-refractivity contribution in [2.24, 2.45) is 0 Å². The number of aromatic nitrogens is 1. The summed E-state index contributed by atoms with van der Waals surface area (Å²) in [5.74, 6) is 0.315. The van der Waals surface area contributed by atoms with E-state index in [1.54, 1.807) is 6.07 Å². The monoisotopic (exact) mass is 183 g/mol. The van der Waals surface area contributed by atoms with Gasteiger partial charge < -0.3 is 15.2 Å². The van der Waals surface area contributed by atoms with Crippen molar-refractivity contribution in [3.63, 3.8) is 0 Å². The van der Waals surface area contributed by atoms with Crippen LogP contribution in [0, 0.1) is 0 Å². The molecule has 0 saturated heterocycles. The summed E-state index contributed by atoms with van der Waals surface area (Å²) < 4.78 is 31.0. The molecule has 0 amide bonds. The van der Waals surface area contributed by atoms with Gasteiger partial charge in [-0.1, -0.05) is 0 Å². The number of ether oxygens (including phenoxy) is 2. The van der Waals surface area contributed by atoms with E-state index in [9.17, 15) is 0 Å². The van der Waals surface area contributed by atoms with Gasteiger partial charge >= 0.3 is 0 Å². The van der Waals surface area contributed by atoms with Crippen LogP contribution in [-0.4, -0.2) is 18.1 Å². The van der Waals surface area contributed by atoms with Gasteiger partial charge in [0.2, 0.25) is 5.88 Å². The first-order valence-electron chi connectivity index (χ1n) is 5.56. The molecule has 0 atom stereocenters. The first kappa shape index (κ1) is 5.32. The van der Waals surface area contributed by atoms with E-state index in [0.717, 1.165) is 12.8 Å². The van der Waals surface area contributed by atoms with Crippen LogP contribution in [-0.2, 0) is 0 Å². The number of nitrogen functional groups attached to an aromatic ring is 1. The highest BCUT2D eigenvalue weighted by molar-refractivity contribution is 5.59. The quantitative estimate of drug-likeness (QED) is 0.765. The molecule has 1 aromatic rings. The fraction of sp³-hybridized carbons (Fsp3) is 0.444. The van der Waals surface area contributed by atoms with Crippen LogP contribution in [0.5, 0.6) is 11.6 Å². The lowest BCUT2D eigenvalue weighted by molar-refractivity contribution is 0.302. The van der Waals surface area contributed by atoms with Crippen LogP contribution in [0.3, 0.4) is 0 Å². The zero-order chi connectivity index (χ0) is 11.8. The van der Waals surface area contributed by atoms with Crippen molar-refractivity contribution in [1.29, 1.82) is 0 Å². The van der Waals surface area contributed by atoms with Crippen molar-refractivity contribution in [1.82, 2.24) is 4.98 Å². The Morgan fingerprint density at radius 3 is 3.23 bits per heavy atom. The van der Waals surface area contributed by atoms with E-state index in [4.69, 9.17) is 14.6 Å². The Morgan fingerprint density at radius 2 is 2.54 bits per heavy atom. The van der Waals surface area contributed by atoms with Crippen molar-refractivity contribution < 1.29 is 13.6 Å². The molecule has 2 rings (SSSR count). The minimum Gasteiger partial charge on any atom is -0.488 e. The molecule has 1 heterocycles. The largest absolute Gasteiger partial charge is 0.488 e. The molecule has 0 unspecified atom stereocenters. The number of pyridine rings is 1. The Labute approximate surface area is 80.9 Å². The van der Waals surface area contributed by atoms with Gasteiger partial charge in [0.15, 0.2) is 0 Å². The Kier molecular flexibility index (Phi) is 1.28. The molecular formula is C9H12N2O2. The zero-order valence-corrected chi connectivity index (χ0v) is 6.99. The van der Waals surface area contributed by atoms with E-state index < -0.39 is 7.04 Å². The first-order chi connectivity index (χ1) is 7.46. The summed E-state index contributed by atoms with van der Waals surface area (Å²) in [6, 6.07) is 1.60. The molecule has 0 radical (unpaired) electrons. The number of nitrogens with zero attached hydrogens (tertiary/aromatic N) is 1. The SMILES string of the molecule is [2H]C([2H])([2H])Oc1nccc(OC2CC2)c1N. The highest BCUT2D eigenvalue weighted by atomic mass is 16.5. The van der Waals surface area contributed by atoms with Gasteiger partial charge in [0.25, 0.3) is 0 Å². The third-order valence-electron chi connectivity index (χ3n) is 1.83. The molecule has 4 heteroatoms. The summed E-state index contributed by atoms with van der Waals surface area (Å²) in [5.41, 5.74) is 5.83. The van der Waals surface area contributed by atoms with Crippen molar-refractivity contribution >= 4 is 5.69 Å². The molecule has 2 N–H and O–H groups in total. The van der Waals surface area contributed by atoms with Crippen LogP contribution in [0.4, 0.5) is 5.69 Å². The predicted molar refractivity (Wildman–Crippen MR) is 48.9 cm³/mol. The van der Waals surface area contributed by atoms with Gasteiger partial charge in [0, 0.05) is 12.3 Å². The van der Waals surface area contributed by atoms with Crippen molar-refractivity contribution in [3.05, 3.63) is 12.3 Å². The van der Waals surface area contributed by atoms with E-state index in [1.807, 2.05) is 0 Å². The molecule has 13 heavy (non-hydrogen) atoms. The summed E-state index contributed by atoms with van der Waals surface area (Å²) in [5, 5.41) is 0. The summed E-state index contributed by atoms with van der Waals surface area (Å²) in [6.07, 6.45) is 3.59. The molecule has 1 aromatic heterocycles. The van der Waals surface area contributed by atoms with E-state index in [1.165, 1.54) is 6.20 Å². The second-order valence-electron chi connectivity index (χ2n) is 2.95. The Morgan fingerprint density at radius 1 is 1.69 bits per heavy atom. The maximum atomic E-state index is 6.97. The second-order valence-corrected chi connectivity index (χ2v) is 2.95. The van der Waals surface area contributed by atoms with Crippen LogP contribution < -0.4 is 15.2 Å². The second kappa shape index (κ2) is 3.12. The van der Waals surface area contributed by atoms with Crippen molar-refractivity contribution in [3.8, 4) is 11.6 Å². The Balaban J connectivity index is 2.18. The predicted octanol–water partition coefficient (Wildman–Crippen LogP) is 1.21. The normalized spacial score (nSPS) is 19.8. The summed E-state index contributed by atoms with van der Waals surface area (Å²) in [4.78, 5) is 3.76. The highest BCUT2D eigenvalue weighted by Gasteiger charge is 2.24. The maximum absolute atomic E-state index is 6.97. The number of rotatable bonds is 3. The molecule has 1 aliphatic carbocycles. The molecule has 0 bridgehead atoms. The average molecular weight is 183 g/mol. The van der Waals surface area contributed by atoms with Crippen molar-refractivity contribution in [2.45, 2.75) is 18.9 Å². The minimum atomic E-state index is -2.56. The topological polar surface area (TPSA) is 57.4 Å². The lowest BCUT2D eigenvalue weighted by Gasteiger charge is -2.09. The average Bonchev–Trinajstić information content (AvgIpc) is 2.93. The molecule has 1 fully saturated rings. The smallest absolute Gasteiger partial charge is 0.240 e. The first-order valence-corrected chi connectivity index (χ1v) is 4.06. The van der Waals surface area contributed by atoms with Gasteiger partial charge in [-0.25, -0.2) is 4.98 Å². The third kappa shape index (κ3) is 1.66. The van der Waals surface area contributed by atoms with Crippen LogP contribution in [0.2, 0.25) is 0 Å². The molecule has 0 aromatic carbocycles. The number of methoxy groups -OCH3 is 1. The van der Waals surface area contributed by atoms with Gasteiger partial charge in [-0.2, -0.15) is 0 Å². The fourth-order valence-electron chi connectivity index (χ4n) is 0.987. The van der Waals surface area contributed by atoms with Crippen LogP contribution >= 0.6 is 0 Å². The standard InChI is InChI=1S/C9H12N2O2/c1-12-9-8(10)7(4-5-11-9)13-6-2-3-6/h4-6H,2-3,10H2,1H3/i1D3. The lowest BCUT2D eigenvalue weighted by atomic mass is 10.4. The number of nitrogens with two attached hydrogens (primary N) is 1. The van der Waals surface area contributed by atoms with E-state index in [0.29, 0.717) is 5.75 Å². The Hall–Kier alpha value is -1.45. The molecule has 1 aliphatic rings. The fourth-order valence-corrected chi connectivity index (χ4v) is 0.987. The maximum Gasteiger partial charge on any atom is 0.240 e. The van der Waals surface area contributed by atoms with Gasteiger partial charge in [-0.3, -0.25) is 0 Å². The van der Waals surface area contributed by atoms with Crippen LogP contribution in [0.1, 0.15) is 17.0 Å². The highest BCUT2D eigenvalue weighted by Crippen LogP contribution is 2.33. The lowest BCUT2D eigenvalue weighted by Crippen LogP contribution is -2.02. The zero-order valence-electron chi connectivity index (χ0n) is 9.99. The summed E-state index contributed by atoms with van der Waals surface area (Å²) >= 11 is 0. The minimum absolute atomic E-state index is 0.113. The van der Waals surface area contributed by atoms with Crippen LogP contribution in [0.25, 0.3) is 0 Å². The molecule has 0 aliphatic heterocycles. The third-order valence-corrected chi connectivity index (χ3v) is 1.83. The summed E-state index contributed by atoms with van der Waals surface area (Å²) in [6.45, 7) is 0. The molecule has 70 valence electrons.